The lowest BCUT2D eigenvalue weighted by molar-refractivity contribution is 0.332. The van der Waals surface area contributed by atoms with Crippen molar-refractivity contribution in [3.05, 3.63) is 17.1 Å². The maximum absolute atomic E-state index is 12.7. The van der Waals surface area contributed by atoms with E-state index < -0.39 is 10.0 Å². The van der Waals surface area contributed by atoms with Crippen LogP contribution in [-0.4, -0.2) is 21.5 Å². The summed E-state index contributed by atoms with van der Waals surface area (Å²) in [5, 5.41) is 3.01. The van der Waals surface area contributed by atoms with E-state index in [0.717, 1.165) is 31.2 Å². The summed E-state index contributed by atoms with van der Waals surface area (Å²) >= 11 is 0. The van der Waals surface area contributed by atoms with Crippen molar-refractivity contribution in [2.45, 2.75) is 63.9 Å². The van der Waals surface area contributed by atoms with E-state index in [1.807, 2.05) is 0 Å². The van der Waals surface area contributed by atoms with Crippen LogP contribution in [0, 0.1) is 19.8 Å². The summed E-state index contributed by atoms with van der Waals surface area (Å²) in [6.45, 7) is 6.23. The van der Waals surface area contributed by atoms with Crippen LogP contribution >= 0.6 is 0 Å². The van der Waals surface area contributed by atoms with E-state index in [1.54, 1.807) is 20.9 Å². The molecule has 0 amide bonds. The minimum Gasteiger partial charge on any atom is -0.465 e. The monoisotopic (exact) mass is 314 g/mol. The largest absolute Gasteiger partial charge is 0.465 e. The third kappa shape index (κ3) is 3.67. The molecule has 0 atom stereocenters. The molecule has 2 N–H and O–H groups in total. The molecule has 0 saturated heterocycles. The van der Waals surface area contributed by atoms with E-state index in [1.165, 1.54) is 0 Å². The molecular weight excluding hydrogens is 288 g/mol. The fraction of sp³-hybridized carbons (Fsp3) is 0.733. The van der Waals surface area contributed by atoms with Crippen molar-refractivity contribution in [3.63, 3.8) is 0 Å². The second-order valence-corrected chi connectivity index (χ2v) is 7.78. The molecule has 6 heteroatoms. The van der Waals surface area contributed by atoms with E-state index in [-0.39, 0.29) is 6.04 Å². The fourth-order valence-electron chi connectivity index (χ4n) is 3.10. The van der Waals surface area contributed by atoms with Gasteiger partial charge in [0.1, 0.15) is 16.4 Å². The van der Waals surface area contributed by atoms with Crippen molar-refractivity contribution >= 4 is 10.0 Å². The van der Waals surface area contributed by atoms with Gasteiger partial charge in [0.2, 0.25) is 10.0 Å². The summed E-state index contributed by atoms with van der Waals surface area (Å²) in [6.07, 6.45) is 4.00. The number of hydrogen-bond acceptors (Lipinski definition) is 4. The molecule has 1 aliphatic rings. The first-order chi connectivity index (χ1) is 9.85. The number of sulfonamides is 1. The molecule has 1 aromatic rings. The normalized spacial score (nSPS) is 23.4. The van der Waals surface area contributed by atoms with Crippen LogP contribution in [0.5, 0.6) is 0 Å². The van der Waals surface area contributed by atoms with Gasteiger partial charge in [-0.3, -0.25) is 0 Å². The van der Waals surface area contributed by atoms with Gasteiger partial charge in [0, 0.05) is 18.2 Å². The molecule has 0 spiro atoms. The Hall–Kier alpha value is -0.850. The van der Waals surface area contributed by atoms with Crippen molar-refractivity contribution in [3.8, 4) is 0 Å². The molecule has 2 rings (SSSR count). The van der Waals surface area contributed by atoms with Gasteiger partial charge in [0.15, 0.2) is 0 Å². The van der Waals surface area contributed by atoms with Crippen molar-refractivity contribution in [1.29, 1.82) is 0 Å². The predicted molar refractivity (Wildman–Crippen MR) is 82.7 cm³/mol. The Kier molecular flexibility index (Phi) is 5.11. The van der Waals surface area contributed by atoms with Gasteiger partial charge in [-0.2, -0.15) is 0 Å². The third-order valence-corrected chi connectivity index (χ3v) is 6.00. The van der Waals surface area contributed by atoms with Crippen LogP contribution in [0.25, 0.3) is 0 Å². The smallest absolute Gasteiger partial charge is 0.244 e. The Morgan fingerprint density at radius 3 is 2.33 bits per heavy atom. The van der Waals surface area contributed by atoms with Gasteiger partial charge < -0.3 is 9.73 Å². The van der Waals surface area contributed by atoms with Crippen LogP contribution in [0.15, 0.2) is 9.31 Å². The van der Waals surface area contributed by atoms with Crippen LogP contribution in [0.1, 0.15) is 49.7 Å². The highest BCUT2D eigenvalue weighted by Crippen LogP contribution is 2.29. The molecule has 0 unspecified atom stereocenters. The number of nitrogens with one attached hydrogen (secondary N) is 2. The van der Waals surface area contributed by atoms with Gasteiger partial charge in [0.05, 0.1) is 0 Å². The minimum atomic E-state index is -3.52. The zero-order valence-electron chi connectivity index (χ0n) is 13.3. The van der Waals surface area contributed by atoms with Crippen LogP contribution in [-0.2, 0) is 16.6 Å². The lowest BCUT2D eigenvalue weighted by Crippen LogP contribution is -2.37. The fourth-order valence-corrected chi connectivity index (χ4v) is 4.85. The first kappa shape index (κ1) is 16.5. The van der Waals surface area contributed by atoms with Gasteiger partial charge in [-0.15, -0.1) is 0 Å². The summed E-state index contributed by atoms with van der Waals surface area (Å²) in [5.41, 5.74) is 0.728. The van der Waals surface area contributed by atoms with E-state index in [2.05, 4.69) is 17.0 Å². The molecule has 0 bridgehead atoms. The van der Waals surface area contributed by atoms with Crippen LogP contribution in [0.3, 0.4) is 0 Å². The Labute approximate surface area is 127 Å². The number of aryl methyl sites for hydroxylation is 2. The second-order valence-electron chi connectivity index (χ2n) is 6.13. The SMILES string of the molecule is CNCc1c(C)oc(C)c1S(=O)(=O)NC1CCC(C)CC1. The van der Waals surface area contributed by atoms with E-state index in [4.69, 9.17) is 4.42 Å². The number of rotatable bonds is 5. The lowest BCUT2D eigenvalue weighted by Gasteiger charge is -2.26. The van der Waals surface area contributed by atoms with Crippen LogP contribution in [0.2, 0.25) is 0 Å². The highest BCUT2D eigenvalue weighted by atomic mass is 32.2. The van der Waals surface area contributed by atoms with Crippen LogP contribution in [0.4, 0.5) is 0 Å². The van der Waals surface area contributed by atoms with Crippen molar-refractivity contribution in [1.82, 2.24) is 10.0 Å². The van der Waals surface area contributed by atoms with Crippen molar-refractivity contribution in [2.24, 2.45) is 5.92 Å². The Bertz CT molecular complexity index is 584. The molecule has 5 nitrogen and oxygen atoms in total. The van der Waals surface area contributed by atoms with Crippen molar-refractivity contribution in [2.75, 3.05) is 7.05 Å². The maximum Gasteiger partial charge on any atom is 0.244 e. The average molecular weight is 314 g/mol. The standard InChI is InChI=1S/C15H26N2O3S/c1-10-5-7-13(8-6-10)17-21(18,19)15-12(3)20-11(2)14(15)9-16-4/h10,13,16-17H,5-9H2,1-4H3. The number of hydrogen-bond donors (Lipinski definition) is 2. The van der Waals surface area contributed by atoms with E-state index in [9.17, 15) is 8.42 Å². The summed E-state index contributed by atoms with van der Waals surface area (Å²) in [7, 11) is -1.72. The van der Waals surface area contributed by atoms with E-state index in [0.29, 0.717) is 28.9 Å². The quantitative estimate of drug-likeness (QED) is 0.876. The highest BCUT2D eigenvalue weighted by Gasteiger charge is 2.30. The van der Waals surface area contributed by atoms with Gasteiger partial charge >= 0.3 is 0 Å². The molecule has 0 aliphatic heterocycles. The van der Waals surface area contributed by atoms with E-state index >= 15 is 0 Å². The zero-order valence-corrected chi connectivity index (χ0v) is 14.1. The predicted octanol–water partition coefficient (Wildman–Crippen LogP) is 2.47. The third-order valence-electron chi connectivity index (χ3n) is 4.28. The molecule has 0 radical (unpaired) electrons. The summed E-state index contributed by atoms with van der Waals surface area (Å²) in [5.74, 6) is 1.83. The zero-order chi connectivity index (χ0) is 15.6. The van der Waals surface area contributed by atoms with Gasteiger partial charge in [-0.05, 0) is 52.5 Å². The lowest BCUT2D eigenvalue weighted by atomic mass is 9.88. The Morgan fingerprint density at radius 2 is 1.76 bits per heavy atom. The Morgan fingerprint density at radius 1 is 1.14 bits per heavy atom. The second kappa shape index (κ2) is 6.50. The molecule has 21 heavy (non-hydrogen) atoms. The molecule has 1 heterocycles. The first-order valence-electron chi connectivity index (χ1n) is 7.61. The highest BCUT2D eigenvalue weighted by molar-refractivity contribution is 7.89. The van der Waals surface area contributed by atoms with Crippen molar-refractivity contribution < 1.29 is 12.8 Å². The summed E-state index contributed by atoms with van der Waals surface area (Å²) < 4.78 is 33.8. The summed E-state index contributed by atoms with van der Waals surface area (Å²) in [4.78, 5) is 0.313. The Balaban J connectivity index is 2.23. The van der Waals surface area contributed by atoms with Gasteiger partial charge in [0.25, 0.3) is 0 Å². The molecule has 1 aromatic heterocycles. The molecule has 1 aliphatic carbocycles. The van der Waals surface area contributed by atoms with Gasteiger partial charge in [-0.25, -0.2) is 13.1 Å². The topological polar surface area (TPSA) is 71.3 Å². The average Bonchev–Trinajstić information content (AvgIpc) is 2.68. The molecule has 120 valence electrons. The minimum absolute atomic E-state index is 0.0447. The molecule has 1 saturated carbocycles. The van der Waals surface area contributed by atoms with Gasteiger partial charge in [-0.1, -0.05) is 6.92 Å². The first-order valence-corrected chi connectivity index (χ1v) is 9.09. The van der Waals surface area contributed by atoms with Crippen LogP contribution < -0.4 is 10.0 Å². The molecular formula is C15H26N2O3S. The molecule has 1 fully saturated rings. The summed E-state index contributed by atoms with van der Waals surface area (Å²) in [6, 6.07) is 0.0447. The molecule has 0 aromatic carbocycles. The number of furan rings is 1. The maximum atomic E-state index is 12.7.